The number of ether oxygens (including phenoxy) is 1. The van der Waals surface area contributed by atoms with Crippen molar-refractivity contribution in [3.63, 3.8) is 0 Å². The van der Waals surface area contributed by atoms with Crippen molar-refractivity contribution in [1.82, 2.24) is 9.78 Å². The Morgan fingerprint density at radius 1 is 1.41 bits per heavy atom. The second-order valence-electron chi connectivity index (χ2n) is 3.96. The fourth-order valence-corrected chi connectivity index (χ4v) is 1.55. The molecule has 0 N–H and O–H groups in total. The van der Waals surface area contributed by atoms with Gasteiger partial charge in [-0.3, -0.25) is 4.79 Å². The van der Waals surface area contributed by atoms with Gasteiger partial charge in [0.1, 0.15) is 5.75 Å². The second kappa shape index (κ2) is 4.82. The summed E-state index contributed by atoms with van der Waals surface area (Å²) in [6.07, 6.45) is 4.36. The molecule has 0 spiro atoms. The van der Waals surface area contributed by atoms with Gasteiger partial charge in [-0.1, -0.05) is 0 Å². The Morgan fingerprint density at radius 2 is 2.24 bits per heavy atom. The van der Waals surface area contributed by atoms with Crippen LogP contribution in [-0.2, 0) is 0 Å². The van der Waals surface area contributed by atoms with Crippen LogP contribution in [0.5, 0.6) is 5.75 Å². The number of carbonyl (C=O) groups excluding carboxylic acids is 1. The molecule has 2 aromatic rings. The van der Waals surface area contributed by atoms with E-state index in [1.165, 1.54) is 0 Å². The van der Waals surface area contributed by atoms with Crippen molar-refractivity contribution in [1.29, 1.82) is 0 Å². The molecule has 0 saturated carbocycles. The van der Waals surface area contributed by atoms with Gasteiger partial charge < -0.3 is 4.74 Å². The number of aldehydes is 1. The predicted octanol–water partition coefficient (Wildman–Crippen LogP) is 2.47. The molecule has 0 aliphatic rings. The first-order valence-electron chi connectivity index (χ1n) is 5.46. The first kappa shape index (κ1) is 11.4. The highest BCUT2D eigenvalue weighted by atomic mass is 16.5. The molecule has 17 heavy (non-hydrogen) atoms. The lowest BCUT2D eigenvalue weighted by atomic mass is 10.2. The van der Waals surface area contributed by atoms with E-state index in [-0.39, 0.29) is 6.10 Å². The van der Waals surface area contributed by atoms with Gasteiger partial charge in [0.15, 0.2) is 6.29 Å². The van der Waals surface area contributed by atoms with E-state index in [0.717, 1.165) is 12.0 Å². The molecule has 1 aromatic carbocycles. The van der Waals surface area contributed by atoms with Gasteiger partial charge in [-0.15, -0.1) is 0 Å². The smallest absolute Gasteiger partial charge is 0.153 e. The van der Waals surface area contributed by atoms with Crippen molar-refractivity contribution < 1.29 is 9.53 Å². The minimum absolute atomic E-state index is 0.0456. The van der Waals surface area contributed by atoms with Gasteiger partial charge in [-0.05, 0) is 38.1 Å². The Labute approximate surface area is 99.8 Å². The van der Waals surface area contributed by atoms with E-state index in [1.807, 2.05) is 32.2 Å². The topological polar surface area (TPSA) is 44.1 Å². The molecule has 0 saturated heterocycles. The second-order valence-corrected chi connectivity index (χ2v) is 3.96. The SMILES string of the molecule is CC(C)Oc1ccc(-n2cccn2)cc1C=O. The Balaban J connectivity index is 2.37. The van der Waals surface area contributed by atoms with Crippen LogP contribution in [0.3, 0.4) is 0 Å². The van der Waals surface area contributed by atoms with Crippen LogP contribution in [0.25, 0.3) is 5.69 Å². The summed E-state index contributed by atoms with van der Waals surface area (Å²) in [5.74, 6) is 0.603. The first-order chi connectivity index (χ1) is 8.20. The van der Waals surface area contributed by atoms with Crippen LogP contribution in [0.1, 0.15) is 24.2 Å². The van der Waals surface area contributed by atoms with Crippen LogP contribution in [0, 0.1) is 0 Å². The summed E-state index contributed by atoms with van der Waals surface area (Å²) in [5, 5.41) is 4.11. The predicted molar refractivity (Wildman–Crippen MR) is 64.7 cm³/mol. The van der Waals surface area contributed by atoms with Crippen LogP contribution in [0.2, 0.25) is 0 Å². The van der Waals surface area contributed by atoms with Gasteiger partial charge in [0.25, 0.3) is 0 Å². The summed E-state index contributed by atoms with van der Waals surface area (Å²) in [6, 6.07) is 7.26. The van der Waals surface area contributed by atoms with Gasteiger partial charge in [-0.25, -0.2) is 4.68 Å². The monoisotopic (exact) mass is 230 g/mol. The number of aromatic nitrogens is 2. The number of carbonyl (C=O) groups is 1. The van der Waals surface area contributed by atoms with E-state index < -0.39 is 0 Å². The maximum Gasteiger partial charge on any atom is 0.153 e. The summed E-state index contributed by atoms with van der Waals surface area (Å²) in [4.78, 5) is 11.0. The summed E-state index contributed by atoms with van der Waals surface area (Å²) in [7, 11) is 0. The van der Waals surface area contributed by atoms with Gasteiger partial charge in [0.05, 0.1) is 17.4 Å². The van der Waals surface area contributed by atoms with E-state index in [4.69, 9.17) is 4.74 Å². The molecule has 4 heteroatoms. The average molecular weight is 230 g/mol. The van der Waals surface area contributed by atoms with Crippen molar-refractivity contribution in [2.75, 3.05) is 0 Å². The Hall–Kier alpha value is -2.10. The van der Waals surface area contributed by atoms with Crippen LogP contribution < -0.4 is 4.74 Å². The number of rotatable bonds is 4. The van der Waals surface area contributed by atoms with Gasteiger partial charge >= 0.3 is 0 Å². The van der Waals surface area contributed by atoms with Crippen LogP contribution in [0.4, 0.5) is 0 Å². The van der Waals surface area contributed by atoms with Gasteiger partial charge in [0.2, 0.25) is 0 Å². The Morgan fingerprint density at radius 3 is 2.82 bits per heavy atom. The number of nitrogens with zero attached hydrogens (tertiary/aromatic N) is 2. The van der Waals surface area contributed by atoms with Crippen molar-refractivity contribution in [3.05, 3.63) is 42.2 Å². The summed E-state index contributed by atoms with van der Waals surface area (Å²) in [6.45, 7) is 3.85. The molecular weight excluding hydrogens is 216 g/mol. The first-order valence-corrected chi connectivity index (χ1v) is 5.46. The van der Waals surface area contributed by atoms with Crippen molar-refractivity contribution in [3.8, 4) is 11.4 Å². The molecule has 0 amide bonds. The largest absolute Gasteiger partial charge is 0.490 e. The van der Waals surface area contributed by atoms with Crippen molar-refractivity contribution in [2.24, 2.45) is 0 Å². The zero-order chi connectivity index (χ0) is 12.3. The summed E-state index contributed by atoms with van der Waals surface area (Å²) < 4.78 is 7.25. The summed E-state index contributed by atoms with van der Waals surface area (Å²) >= 11 is 0. The molecular formula is C13H14N2O2. The van der Waals surface area contributed by atoms with E-state index in [1.54, 1.807) is 23.0 Å². The lowest BCUT2D eigenvalue weighted by Gasteiger charge is -2.12. The van der Waals surface area contributed by atoms with E-state index in [9.17, 15) is 4.79 Å². The molecule has 2 rings (SSSR count). The Kier molecular flexibility index (Phi) is 3.23. The molecule has 0 unspecified atom stereocenters. The third kappa shape index (κ3) is 2.53. The van der Waals surface area contributed by atoms with Crippen LogP contribution in [-0.4, -0.2) is 22.2 Å². The minimum atomic E-state index is 0.0456. The maximum absolute atomic E-state index is 11.0. The molecule has 1 aromatic heterocycles. The third-order valence-corrected chi connectivity index (χ3v) is 2.25. The van der Waals surface area contributed by atoms with E-state index >= 15 is 0 Å². The van der Waals surface area contributed by atoms with E-state index in [0.29, 0.717) is 11.3 Å². The van der Waals surface area contributed by atoms with Crippen molar-refractivity contribution >= 4 is 6.29 Å². The minimum Gasteiger partial charge on any atom is -0.490 e. The molecule has 0 aliphatic carbocycles. The van der Waals surface area contributed by atoms with Crippen molar-refractivity contribution in [2.45, 2.75) is 20.0 Å². The number of hydrogen-bond donors (Lipinski definition) is 0. The number of hydrogen-bond acceptors (Lipinski definition) is 3. The molecule has 4 nitrogen and oxygen atoms in total. The van der Waals surface area contributed by atoms with Crippen LogP contribution in [0.15, 0.2) is 36.7 Å². The molecule has 88 valence electrons. The molecule has 0 atom stereocenters. The highest BCUT2D eigenvalue weighted by molar-refractivity contribution is 5.80. The molecule has 0 fully saturated rings. The summed E-state index contributed by atoms with van der Waals surface area (Å²) in [5.41, 5.74) is 1.37. The van der Waals surface area contributed by atoms with E-state index in [2.05, 4.69) is 5.10 Å². The zero-order valence-corrected chi connectivity index (χ0v) is 9.83. The molecule has 0 radical (unpaired) electrons. The maximum atomic E-state index is 11.0. The average Bonchev–Trinajstić information content (AvgIpc) is 2.82. The molecule has 0 aliphatic heterocycles. The lowest BCUT2D eigenvalue weighted by Crippen LogP contribution is -2.08. The molecule has 0 bridgehead atoms. The quantitative estimate of drug-likeness (QED) is 0.758. The molecule has 1 heterocycles. The van der Waals surface area contributed by atoms with Gasteiger partial charge in [-0.2, -0.15) is 5.10 Å². The highest BCUT2D eigenvalue weighted by Crippen LogP contribution is 2.21. The Bertz CT molecular complexity index is 504. The fraction of sp³-hybridized carbons (Fsp3) is 0.231. The third-order valence-electron chi connectivity index (χ3n) is 2.25. The fourth-order valence-electron chi connectivity index (χ4n) is 1.55. The normalized spacial score (nSPS) is 10.5. The zero-order valence-electron chi connectivity index (χ0n) is 9.83. The number of benzene rings is 1. The lowest BCUT2D eigenvalue weighted by molar-refractivity contribution is 0.111. The van der Waals surface area contributed by atoms with Crippen LogP contribution >= 0.6 is 0 Å². The van der Waals surface area contributed by atoms with Gasteiger partial charge in [0, 0.05) is 12.4 Å². The highest BCUT2D eigenvalue weighted by Gasteiger charge is 2.07. The standard InChI is InChI=1S/C13H14N2O2/c1-10(2)17-13-5-4-12(8-11(13)9-16)15-7-3-6-14-15/h3-10H,1-2H3.